The largest absolute Gasteiger partial charge is 0.353 e. The molecule has 4 N–H and O–H groups in total. The SMILES string of the molecule is CCCN=C(NN)NC1CCCC(C)CC1. The van der Waals surface area contributed by atoms with E-state index < -0.39 is 0 Å². The molecule has 4 heteroatoms. The van der Waals surface area contributed by atoms with Crippen molar-refractivity contribution in [3.63, 3.8) is 0 Å². The Bertz CT molecular complexity index is 215. The summed E-state index contributed by atoms with van der Waals surface area (Å²) in [6.45, 7) is 5.29. The Morgan fingerprint density at radius 3 is 2.81 bits per heavy atom. The molecule has 0 aromatic carbocycles. The van der Waals surface area contributed by atoms with Crippen molar-refractivity contribution in [2.45, 2.75) is 58.4 Å². The lowest BCUT2D eigenvalue weighted by atomic mass is 10.0. The Kier molecular flexibility index (Phi) is 6.23. The highest BCUT2D eigenvalue weighted by Gasteiger charge is 2.16. The maximum atomic E-state index is 5.45. The average molecular weight is 226 g/mol. The highest BCUT2D eigenvalue weighted by molar-refractivity contribution is 5.79. The Hall–Kier alpha value is -0.770. The fourth-order valence-corrected chi connectivity index (χ4v) is 2.18. The summed E-state index contributed by atoms with van der Waals surface area (Å²) >= 11 is 0. The molecule has 0 amide bonds. The molecule has 0 spiro atoms. The third-order valence-electron chi connectivity index (χ3n) is 3.23. The minimum Gasteiger partial charge on any atom is -0.353 e. The molecule has 2 atom stereocenters. The van der Waals surface area contributed by atoms with E-state index in [1.165, 1.54) is 32.1 Å². The lowest BCUT2D eigenvalue weighted by molar-refractivity contribution is 0.487. The Labute approximate surface area is 99.1 Å². The minimum atomic E-state index is 0.539. The quantitative estimate of drug-likeness (QED) is 0.226. The van der Waals surface area contributed by atoms with Crippen molar-refractivity contribution in [1.29, 1.82) is 0 Å². The summed E-state index contributed by atoms with van der Waals surface area (Å²) in [4.78, 5) is 4.37. The number of guanidine groups is 1. The first-order valence-corrected chi connectivity index (χ1v) is 6.53. The van der Waals surface area contributed by atoms with Crippen LogP contribution in [0.25, 0.3) is 0 Å². The number of nitrogens with zero attached hydrogens (tertiary/aromatic N) is 1. The summed E-state index contributed by atoms with van der Waals surface area (Å²) < 4.78 is 0. The van der Waals surface area contributed by atoms with Crippen molar-refractivity contribution < 1.29 is 0 Å². The summed E-state index contributed by atoms with van der Waals surface area (Å²) in [6, 6.07) is 0.539. The zero-order valence-electron chi connectivity index (χ0n) is 10.6. The molecule has 4 nitrogen and oxygen atoms in total. The predicted molar refractivity (Wildman–Crippen MR) is 69.1 cm³/mol. The number of rotatable bonds is 3. The highest BCUT2D eigenvalue weighted by atomic mass is 15.3. The number of nitrogens with one attached hydrogen (secondary N) is 2. The van der Waals surface area contributed by atoms with Gasteiger partial charge < -0.3 is 5.32 Å². The number of hydrazine groups is 1. The van der Waals surface area contributed by atoms with Gasteiger partial charge in [0.2, 0.25) is 5.96 Å². The fourth-order valence-electron chi connectivity index (χ4n) is 2.18. The first-order valence-electron chi connectivity index (χ1n) is 6.53. The molecule has 1 saturated carbocycles. The fraction of sp³-hybridized carbons (Fsp3) is 0.917. The van der Waals surface area contributed by atoms with Gasteiger partial charge in [-0.2, -0.15) is 0 Å². The van der Waals surface area contributed by atoms with Crippen LogP contribution >= 0.6 is 0 Å². The van der Waals surface area contributed by atoms with Gasteiger partial charge in [0.25, 0.3) is 0 Å². The third-order valence-corrected chi connectivity index (χ3v) is 3.23. The van der Waals surface area contributed by atoms with Crippen LogP contribution in [0.5, 0.6) is 0 Å². The highest BCUT2D eigenvalue weighted by Crippen LogP contribution is 2.22. The van der Waals surface area contributed by atoms with E-state index in [0.29, 0.717) is 6.04 Å². The van der Waals surface area contributed by atoms with Crippen LogP contribution in [-0.2, 0) is 0 Å². The predicted octanol–water partition coefficient (Wildman–Crippen LogP) is 1.77. The van der Waals surface area contributed by atoms with E-state index in [-0.39, 0.29) is 0 Å². The van der Waals surface area contributed by atoms with E-state index in [0.717, 1.165) is 24.8 Å². The van der Waals surface area contributed by atoms with E-state index in [9.17, 15) is 0 Å². The van der Waals surface area contributed by atoms with E-state index in [4.69, 9.17) is 5.84 Å². The van der Waals surface area contributed by atoms with Gasteiger partial charge in [-0.25, -0.2) is 5.84 Å². The monoisotopic (exact) mass is 226 g/mol. The van der Waals surface area contributed by atoms with Gasteiger partial charge >= 0.3 is 0 Å². The summed E-state index contributed by atoms with van der Waals surface area (Å²) in [5, 5.41) is 3.41. The van der Waals surface area contributed by atoms with Crippen LogP contribution in [-0.4, -0.2) is 18.5 Å². The first-order chi connectivity index (χ1) is 7.76. The maximum Gasteiger partial charge on any atom is 0.205 e. The molecule has 1 fully saturated rings. The summed E-state index contributed by atoms with van der Waals surface area (Å²) in [5.74, 6) is 7.07. The molecule has 0 saturated heterocycles. The molecule has 1 aliphatic carbocycles. The van der Waals surface area contributed by atoms with Crippen LogP contribution in [0.4, 0.5) is 0 Å². The lowest BCUT2D eigenvalue weighted by Gasteiger charge is -2.18. The molecule has 1 aliphatic rings. The van der Waals surface area contributed by atoms with Crippen LogP contribution < -0.4 is 16.6 Å². The summed E-state index contributed by atoms with van der Waals surface area (Å²) in [5.41, 5.74) is 2.65. The second kappa shape index (κ2) is 7.49. The van der Waals surface area contributed by atoms with E-state index in [2.05, 4.69) is 29.6 Å². The van der Waals surface area contributed by atoms with Crippen molar-refractivity contribution in [3.8, 4) is 0 Å². The molecule has 0 aromatic heterocycles. The van der Waals surface area contributed by atoms with Crippen LogP contribution in [0.3, 0.4) is 0 Å². The zero-order valence-corrected chi connectivity index (χ0v) is 10.6. The molecule has 0 aromatic rings. The van der Waals surface area contributed by atoms with Crippen LogP contribution in [0.2, 0.25) is 0 Å². The van der Waals surface area contributed by atoms with Gasteiger partial charge in [0.15, 0.2) is 0 Å². The standard InChI is InChI=1S/C12H26N4/c1-3-9-14-12(16-13)15-11-6-4-5-10(2)7-8-11/h10-11H,3-9,13H2,1-2H3,(H2,14,15,16). The third kappa shape index (κ3) is 4.84. The molecule has 0 heterocycles. The number of hydrogen-bond donors (Lipinski definition) is 3. The topological polar surface area (TPSA) is 62.4 Å². The van der Waals surface area contributed by atoms with E-state index in [1.807, 2.05) is 0 Å². The van der Waals surface area contributed by atoms with Crippen molar-refractivity contribution in [1.82, 2.24) is 10.7 Å². The Morgan fingerprint density at radius 1 is 1.31 bits per heavy atom. The number of aliphatic imine (C=N–C) groups is 1. The smallest absolute Gasteiger partial charge is 0.205 e. The van der Waals surface area contributed by atoms with Crippen molar-refractivity contribution >= 4 is 5.96 Å². The number of nitrogens with two attached hydrogens (primary N) is 1. The normalized spacial score (nSPS) is 27.3. The second-order valence-electron chi connectivity index (χ2n) is 4.83. The molecule has 1 rings (SSSR count). The minimum absolute atomic E-state index is 0.539. The zero-order chi connectivity index (χ0) is 11.8. The molecule has 2 unspecified atom stereocenters. The maximum absolute atomic E-state index is 5.45. The van der Waals surface area contributed by atoms with Gasteiger partial charge in [0.05, 0.1) is 0 Å². The van der Waals surface area contributed by atoms with Gasteiger partial charge in [-0.3, -0.25) is 10.4 Å². The number of hydrogen-bond acceptors (Lipinski definition) is 2. The summed E-state index contributed by atoms with van der Waals surface area (Å²) in [6.07, 6.45) is 7.49. The second-order valence-corrected chi connectivity index (χ2v) is 4.83. The van der Waals surface area contributed by atoms with Gasteiger partial charge in [0, 0.05) is 12.6 Å². The van der Waals surface area contributed by atoms with Crippen molar-refractivity contribution in [3.05, 3.63) is 0 Å². The van der Waals surface area contributed by atoms with Crippen LogP contribution in [0.15, 0.2) is 4.99 Å². The Balaban J connectivity index is 2.38. The van der Waals surface area contributed by atoms with Crippen LogP contribution in [0, 0.1) is 5.92 Å². The van der Waals surface area contributed by atoms with Gasteiger partial charge in [0.1, 0.15) is 0 Å². The van der Waals surface area contributed by atoms with E-state index in [1.54, 1.807) is 0 Å². The van der Waals surface area contributed by atoms with Gasteiger partial charge in [-0.1, -0.05) is 26.7 Å². The molecule has 0 aliphatic heterocycles. The average Bonchev–Trinajstić information content (AvgIpc) is 2.49. The van der Waals surface area contributed by atoms with Crippen molar-refractivity contribution in [2.75, 3.05) is 6.54 Å². The van der Waals surface area contributed by atoms with Crippen LogP contribution in [0.1, 0.15) is 52.4 Å². The molecule has 0 radical (unpaired) electrons. The first kappa shape index (κ1) is 13.3. The molecule has 0 bridgehead atoms. The van der Waals surface area contributed by atoms with Gasteiger partial charge in [-0.05, 0) is 31.6 Å². The molecular weight excluding hydrogens is 200 g/mol. The van der Waals surface area contributed by atoms with Crippen molar-refractivity contribution in [2.24, 2.45) is 16.8 Å². The van der Waals surface area contributed by atoms with E-state index >= 15 is 0 Å². The summed E-state index contributed by atoms with van der Waals surface area (Å²) in [7, 11) is 0. The molecular formula is C12H26N4. The Morgan fingerprint density at radius 2 is 2.12 bits per heavy atom. The molecule has 16 heavy (non-hydrogen) atoms. The lowest BCUT2D eigenvalue weighted by Crippen LogP contribution is -2.46. The van der Waals surface area contributed by atoms with Gasteiger partial charge in [-0.15, -0.1) is 0 Å². The molecule has 94 valence electrons.